The second-order valence-electron chi connectivity index (χ2n) is 3.58. The summed E-state index contributed by atoms with van der Waals surface area (Å²) >= 11 is 0. The van der Waals surface area contributed by atoms with Crippen LogP contribution in [0.15, 0.2) is 24.3 Å². The van der Waals surface area contributed by atoms with Crippen LogP contribution in [0.2, 0.25) is 0 Å². The predicted octanol–water partition coefficient (Wildman–Crippen LogP) is 2.25. The standard InChI is InChI=1S/C12H20N2/c1-4-9-14(3)12-8-6-5-7-11(12)10-13-2/h5-8,13H,4,9-10H2,1-3H3. The minimum atomic E-state index is 0.935. The monoisotopic (exact) mass is 192 g/mol. The van der Waals surface area contributed by atoms with Crippen molar-refractivity contribution in [3.05, 3.63) is 29.8 Å². The minimum Gasteiger partial charge on any atom is -0.374 e. The van der Waals surface area contributed by atoms with Crippen LogP contribution in [-0.2, 0) is 6.54 Å². The number of anilines is 1. The lowest BCUT2D eigenvalue weighted by Crippen LogP contribution is -2.20. The van der Waals surface area contributed by atoms with Crippen LogP contribution >= 0.6 is 0 Å². The fourth-order valence-corrected chi connectivity index (χ4v) is 1.68. The third-order valence-electron chi connectivity index (χ3n) is 2.33. The van der Waals surface area contributed by atoms with Gasteiger partial charge in [0.25, 0.3) is 0 Å². The molecule has 0 heterocycles. The summed E-state index contributed by atoms with van der Waals surface area (Å²) in [5, 5.41) is 3.19. The lowest BCUT2D eigenvalue weighted by Gasteiger charge is -2.21. The van der Waals surface area contributed by atoms with Crippen LogP contribution in [0.5, 0.6) is 0 Å². The lowest BCUT2D eigenvalue weighted by molar-refractivity contribution is 0.797. The Morgan fingerprint density at radius 1 is 1.29 bits per heavy atom. The van der Waals surface area contributed by atoms with Crippen LogP contribution in [0.4, 0.5) is 5.69 Å². The topological polar surface area (TPSA) is 15.3 Å². The summed E-state index contributed by atoms with van der Waals surface area (Å²) in [4.78, 5) is 2.31. The Bertz CT molecular complexity index is 271. The fourth-order valence-electron chi connectivity index (χ4n) is 1.68. The van der Waals surface area contributed by atoms with Gasteiger partial charge in [0.05, 0.1) is 0 Å². The van der Waals surface area contributed by atoms with Gasteiger partial charge in [0.2, 0.25) is 0 Å². The minimum absolute atomic E-state index is 0.935. The number of para-hydroxylation sites is 1. The molecule has 0 aliphatic heterocycles. The summed E-state index contributed by atoms with van der Waals surface area (Å²) in [5.74, 6) is 0. The van der Waals surface area contributed by atoms with E-state index in [4.69, 9.17) is 0 Å². The number of nitrogens with zero attached hydrogens (tertiary/aromatic N) is 1. The summed E-state index contributed by atoms with van der Waals surface area (Å²) in [6.45, 7) is 4.25. The maximum absolute atomic E-state index is 3.19. The maximum Gasteiger partial charge on any atom is 0.0409 e. The van der Waals surface area contributed by atoms with Gasteiger partial charge in [-0.05, 0) is 25.1 Å². The molecule has 78 valence electrons. The SMILES string of the molecule is CCCN(C)c1ccccc1CNC. The van der Waals surface area contributed by atoms with Crippen molar-refractivity contribution in [2.75, 3.05) is 25.5 Å². The first kappa shape index (κ1) is 11.1. The fraction of sp³-hybridized carbons (Fsp3) is 0.500. The van der Waals surface area contributed by atoms with Gasteiger partial charge in [-0.15, -0.1) is 0 Å². The Labute approximate surface area is 86.9 Å². The molecule has 0 radical (unpaired) electrons. The number of benzene rings is 1. The number of nitrogens with one attached hydrogen (secondary N) is 1. The van der Waals surface area contributed by atoms with E-state index in [0.29, 0.717) is 0 Å². The van der Waals surface area contributed by atoms with Crippen LogP contribution in [0, 0.1) is 0 Å². The van der Waals surface area contributed by atoms with E-state index in [1.54, 1.807) is 0 Å². The Kier molecular flexibility index (Phi) is 4.47. The summed E-state index contributed by atoms with van der Waals surface area (Å²) < 4.78 is 0. The first-order valence-electron chi connectivity index (χ1n) is 5.23. The molecule has 14 heavy (non-hydrogen) atoms. The zero-order valence-corrected chi connectivity index (χ0v) is 9.38. The molecule has 0 saturated heterocycles. The van der Waals surface area contributed by atoms with Gasteiger partial charge in [-0.25, -0.2) is 0 Å². The highest BCUT2D eigenvalue weighted by molar-refractivity contribution is 5.52. The van der Waals surface area contributed by atoms with Gasteiger partial charge in [0.1, 0.15) is 0 Å². The van der Waals surface area contributed by atoms with Crippen molar-refractivity contribution >= 4 is 5.69 Å². The van der Waals surface area contributed by atoms with E-state index in [0.717, 1.165) is 13.1 Å². The van der Waals surface area contributed by atoms with Crippen molar-refractivity contribution in [3.63, 3.8) is 0 Å². The van der Waals surface area contributed by atoms with Crippen LogP contribution in [0.3, 0.4) is 0 Å². The van der Waals surface area contributed by atoms with E-state index in [9.17, 15) is 0 Å². The average Bonchev–Trinajstić information content (AvgIpc) is 2.19. The van der Waals surface area contributed by atoms with Crippen LogP contribution in [0.1, 0.15) is 18.9 Å². The number of rotatable bonds is 5. The third kappa shape index (κ3) is 2.74. The highest BCUT2D eigenvalue weighted by Gasteiger charge is 2.04. The van der Waals surface area contributed by atoms with Gasteiger partial charge in [0.15, 0.2) is 0 Å². The summed E-state index contributed by atoms with van der Waals surface area (Å²) in [6.07, 6.45) is 1.18. The van der Waals surface area contributed by atoms with Crippen molar-refractivity contribution in [2.45, 2.75) is 19.9 Å². The van der Waals surface area contributed by atoms with Gasteiger partial charge in [-0.1, -0.05) is 25.1 Å². The predicted molar refractivity (Wildman–Crippen MR) is 62.8 cm³/mol. The molecule has 0 fully saturated rings. The van der Waals surface area contributed by atoms with E-state index in [1.807, 2.05) is 7.05 Å². The van der Waals surface area contributed by atoms with Gasteiger partial charge >= 0.3 is 0 Å². The maximum atomic E-state index is 3.19. The van der Waals surface area contributed by atoms with Crippen molar-refractivity contribution in [3.8, 4) is 0 Å². The molecule has 2 nitrogen and oxygen atoms in total. The molecule has 0 saturated carbocycles. The van der Waals surface area contributed by atoms with Crippen molar-refractivity contribution in [1.82, 2.24) is 5.32 Å². The largest absolute Gasteiger partial charge is 0.374 e. The Morgan fingerprint density at radius 3 is 2.64 bits per heavy atom. The smallest absolute Gasteiger partial charge is 0.0409 e. The molecule has 0 bridgehead atoms. The molecule has 0 aliphatic rings. The molecular weight excluding hydrogens is 172 g/mol. The van der Waals surface area contributed by atoms with E-state index >= 15 is 0 Å². The van der Waals surface area contributed by atoms with Crippen molar-refractivity contribution in [2.24, 2.45) is 0 Å². The molecule has 2 heteroatoms. The van der Waals surface area contributed by atoms with Crippen molar-refractivity contribution in [1.29, 1.82) is 0 Å². The number of hydrogen-bond acceptors (Lipinski definition) is 2. The molecule has 1 rings (SSSR count). The van der Waals surface area contributed by atoms with Gasteiger partial charge < -0.3 is 10.2 Å². The van der Waals surface area contributed by atoms with Gasteiger partial charge in [-0.3, -0.25) is 0 Å². The highest BCUT2D eigenvalue weighted by atomic mass is 15.1. The molecule has 0 unspecified atom stereocenters. The molecule has 1 N–H and O–H groups in total. The normalized spacial score (nSPS) is 10.2. The van der Waals surface area contributed by atoms with Crippen LogP contribution in [0.25, 0.3) is 0 Å². The molecule has 0 atom stereocenters. The lowest BCUT2D eigenvalue weighted by atomic mass is 10.1. The molecule has 0 amide bonds. The second-order valence-corrected chi connectivity index (χ2v) is 3.58. The van der Waals surface area contributed by atoms with E-state index in [1.165, 1.54) is 17.7 Å². The molecule has 0 spiro atoms. The summed E-state index contributed by atoms with van der Waals surface area (Å²) in [7, 11) is 4.13. The third-order valence-corrected chi connectivity index (χ3v) is 2.33. The summed E-state index contributed by atoms with van der Waals surface area (Å²) in [5.41, 5.74) is 2.70. The Hall–Kier alpha value is -1.02. The molecular formula is C12H20N2. The zero-order valence-electron chi connectivity index (χ0n) is 9.38. The van der Waals surface area contributed by atoms with Crippen molar-refractivity contribution < 1.29 is 0 Å². The Morgan fingerprint density at radius 2 is 2.00 bits per heavy atom. The first-order chi connectivity index (χ1) is 6.79. The Balaban J connectivity index is 2.82. The van der Waals surface area contributed by atoms with Gasteiger partial charge in [0, 0.05) is 25.8 Å². The summed E-state index contributed by atoms with van der Waals surface area (Å²) in [6, 6.07) is 8.55. The van der Waals surface area contributed by atoms with E-state index in [-0.39, 0.29) is 0 Å². The number of hydrogen-bond donors (Lipinski definition) is 1. The van der Waals surface area contributed by atoms with Gasteiger partial charge in [-0.2, -0.15) is 0 Å². The second kappa shape index (κ2) is 5.66. The van der Waals surface area contributed by atoms with E-state index < -0.39 is 0 Å². The first-order valence-corrected chi connectivity index (χ1v) is 5.23. The quantitative estimate of drug-likeness (QED) is 0.769. The average molecular weight is 192 g/mol. The molecule has 0 aliphatic carbocycles. The molecule has 1 aromatic carbocycles. The highest BCUT2D eigenvalue weighted by Crippen LogP contribution is 2.18. The molecule has 0 aromatic heterocycles. The van der Waals surface area contributed by atoms with E-state index in [2.05, 4.69) is 48.5 Å². The van der Waals surface area contributed by atoms with Crippen LogP contribution < -0.4 is 10.2 Å². The zero-order chi connectivity index (χ0) is 10.4. The molecule has 1 aromatic rings. The van der Waals surface area contributed by atoms with Crippen LogP contribution in [-0.4, -0.2) is 20.6 Å².